The fraction of sp³-hybridized carbons (Fsp3) is 0.438. The number of thiazole rings is 1. The number of hydrogen-bond donors (Lipinski definition) is 2. The van der Waals surface area contributed by atoms with E-state index in [4.69, 9.17) is 5.73 Å². The molecule has 3 rings (SSSR count). The summed E-state index contributed by atoms with van der Waals surface area (Å²) >= 11 is 1.61. The Morgan fingerprint density at radius 3 is 2.79 bits per heavy atom. The van der Waals surface area contributed by atoms with Crippen LogP contribution < -0.4 is 11.1 Å². The second-order valence-electron chi connectivity index (χ2n) is 5.65. The lowest BCUT2D eigenvalue weighted by molar-refractivity contribution is -0.124. The Hall–Kier alpha value is -1.21. The van der Waals surface area contributed by atoms with Crippen LogP contribution in [0.25, 0.3) is 11.4 Å². The maximum atomic E-state index is 12.0. The van der Waals surface area contributed by atoms with Gasteiger partial charge in [-0.25, -0.2) is 4.98 Å². The van der Waals surface area contributed by atoms with Gasteiger partial charge in [0.15, 0.2) is 0 Å². The van der Waals surface area contributed by atoms with Gasteiger partial charge >= 0.3 is 0 Å². The zero-order chi connectivity index (χ0) is 15.4. The molecule has 8 heteroatoms. The quantitative estimate of drug-likeness (QED) is 0.824. The van der Waals surface area contributed by atoms with Crippen LogP contribution in [0.1, 0.15) is 24.3 Å². The van der Waals surface area contributed by atoms with Crippen molar-refractivity contribution in [2.75, 3.05) is 6.54 Å². The summed E-state index contributed by atoms with van der Waals surface area (Å²) in [6.45, 7) is 0.625. The number of rotatable bonds is 5. The van der Waals surface area contributed by atoms with Crippen molar-refractivity contribution in [3.8, 4) is 11.4 Å². The average Bonchev–Trinajstić information content (AvgIpc) is 3.17. The maximum Gasteiger partial charge on any atom is 0.223 e. The minimum atomic E-state index is 0. The van der Waals surface area contributed by atoms with Crippen LogP contribution in [0.2, 0.25) is 0 Å². The second-order valence-corrected chi connectivity index (χ2v) is 6.60. The van der Waals surface area contributed by atoms with Crippen molar-refractivity contribution in [2.24, 2.45) is 11.7 Å². The summed E-state index contributed by atoms with van der Waals surface area (Å²) in [6, 6.07) is 5.98. The minimum absolute atomic E-state index is 0. The zero-order valence-corrected chi connectivity index (χ0v) is 15.6. The van der Waals surface area contributed by atoms with Crippen molar-refractivity contribution >= 4 is 42.1 Å². The van der Waals surface area contributed by atoms with E-state index in [2.05, 4.69) is 15.3 Å². The van der Waals surface area contributed by atoms with E-state index in [9.17, 15) is 4.79 Å². The molecule has 132 valence electrons. The Bertz CT molecular complexity index is 638. The summed E-state index contributed by atoms with van der Waals surface area (Å²) in [5, 5.41) is 6.03. The van der Waals surface area contributed by atoms with Gasteiger partial charge < -0.3 is 11.1 Å². The first-order valence-electron chi connectivity index (χ1n) is 7.61. The lowest BCUT2D eigenvalue weighted by Gasteiger charge is -2.09. The summed E-state index contributed by atoms with van der Waals surface area (Å²) in [4.78, 5) is 20.9. The van der Waals surface area contributed by atoms with Crippen LogP contribution in [-0.4, -0.2) is 28.5 Å². The van der Waals surface area contributed by atoms with Crippen LogP contribution in [-0.2, 0) is 11.2 Å². The Labute approximate surface area is 158 Å². The van der Waals surface area contributed by atoms with Crippen LogP contribution in [0.4, 0.5) is 0 Å². The number of nitrogens with one attached hydrogen (secondary N) is 1. The molecule has 0 aliphatic heterocycles. The van der Waals surface area contributed by atoms with E-state index in [1.165, 1.54) is 0 Å². The monoisotopic (exact) mass is 388 g/mol. The van der Waals surface area contributed by atoms with Crippen molar-refractivity contribution in [3.63, 3.8) is 0 Å². The lowest BCUT2D eigenvalue weighted by atomic mass is 10.1. The van der Waals surface area contributed by atoms with Gasteiger partial charge in [-0.3, -0.25) is 9.78 Å². The maximum absolute atomic E-state index is 12.0. The van der Waals surface area contributed by atoms with Gasteiger partial charge in [0.1, 0.15) is 0 Å². The normalized spacial score (nSPS) is 19.2. The standard InChI is InChI=1S/C16H20N4OS.2ClH/c17-12-5-4-11(9-12)16(21)19-8-6-15-20-14(10-22-15)13-3-1-2-7-18-13;;/h1-3,7,10-12H,4-6,8-9,17H2,(H,19,21);2*1H. The molecule has 2 aromatic heterocycles. The number of nitrogens with two attached hydrogens (primary N) is 1. The molecule has 0 bridgehead atoms. The van der Waals surface area contributed by atoms with E-state index in [1.807, 2.05) is 23.6 Å². The van der Waals surface area contributed by atoms with Gasteiger partial charge in [0, 0.05) is 36.5 Å². The van der Waals surface area contributed by atoms with Crippen LogP contribution in [0, 0.1) is 5.92 Å². The minimum Gasteiger partial charge on any atom is -0.355 e. The first-order valence-corrected chi connectivity index (χ1v) is 8.49. The number of halogens is 2. The van der Waals surface area contributed by atoms with Gasteiger partial charge in [-0.05, 0) is 31.4 Å². The van der Waals surface area contributed by atoms with E-state index in [0.717, 1.165) is 42.1 Å². The molecule has 2 heterocycles. The molecule has 2 unspecified atom stereocenters. The van der Waals surface area contributed by atoms with Gasteiger partial charge in [-0.15, -0.1) is 36.2 Å². The van der Waals surface area contributed by atoms with E-state index >= 15 is 0 Å². The zero-order valence-electron chi connectivity index (χ0n) is 13.2. The molecule has 5 nitrogen and oxygen atoms in total. The average molecular weight is 389 g/mol. The van der Waals surface area contributed by atoms with Crippen molar-refractivity contribution in [1.29, 1.82) is 0 Å². The van der Waals surface area contributed by atoms with Gasteiger partial charge in [0.05, 0.1) is 16.4 Å². The Morgan fingerprint density at radius 1 is 1.29 bits per heavy atom. The first-order chi connectivity index (χ1) is 10.7. The van der Waals surface area contributed by atoms with Crippen molar-refractivity contribution in [2.45, 2.75) is 31.7 Å². The summed E-state index contributed by atoms with van der Waals surface area (Å²) < 4.78 is 0. The highest BCUT2D eigenvalue weighted by Gasteiger charge is 2.27. The Morgan fingerprint density at radius 2 is 2.12 bits per heavy atom. The molecular formula is C16H22Cl2N4OS. The topological polar surface area (TPSA) is 80.9 Å². The van der Waals surface area contributed by atoms with E-state index in [0.29, 0.717) is 6.54 Å². The van der Waals surface area contributed by atoms with E-state index in [-0.39, 0.29) is 42.7 Å². The number of carbonyl (C=O) groups excluding carboxylic acids is 1. The molecule has 1 aliphatic rings. The molecule has 1 fully saturated rings. The number of pyridine rings is 1. The molecule has 0 saturated heterocycles. The Kier molecular flexibility index (Phi) is 8.62. The smallest absolute Gasteiger partial charge is 0.223 e. The fourth-order valence-electron chi connectivity index (χ4n) is 2.75. The summed E-state index contributed by atoms with van der Waals surface area (Å²) in [6.07, 6.45) is 5.20. The van der Waals surface area contributed by atoms with Crippen LogP contribution in [0.15, 0.2) is 29.8 Å². The number of hydrogen-bond acceptors (Lipinski definition) is 5. The van der Waals surface area contributed by atoms with Crippen LogP contribution >= 0.6 is 36.2 Å². The molecule has 2 aromatic rings. The summed E-state index contributed by atoms with van der Waals surface area (Å²) in [7, 11) is 0. The van der Waals surface area contributed by atoms with Gasteiger partial charge in [0.25, 0.3) is 0 Å². The third-order valence-corrected chi connectivity index (χ3v) is 4.87. The molecule has 24 heavy (non-hydrogen) atoms. The highest BCUT2D eigenvalue weighted by molar-refractivity contribution is 7.09. The Balaban J connectivity index is 0.00000144. The van der Waals surface area contributed by atoms with Crippen molar-refractivity contribution < 1.29 is 4.79 Å². The predicted octanol–water partition coefficient (Wildman–Crippen LogP) is 2.83. The molecule has 1 amide bonds. The molecule has 0 spiro atoms. The second kappa shape index (κ2) is 9.93. The molecule has 1 saturated carbocycles. The lowest BCUT2D eigenvalue weighted by Crippen LogP contribution is -2.31. The largest absolute Gasteiger partial charge is 0.355 e. The molecule has 1 aliphatic carbocycles. The molecule has 0 radical (unpaired) electrons. The number of amides is 1. The third-order valence-electron chi connectivity index (χ3n) is 3.96. The van der Waals surface area contributed by atoms with Gasteiger partial charge in [0.2, 0.25) is 5.91 Å². The molecule has 3 N–H and O–H groups in total. The van der Waals surface area contributed by atoms with E-state index in [1.54, 1.807) is 17.5 Å². The number of carbonyl (C=O) groups is 1. The summed E-state index contributed by atoms with van der Waals surface area (Å²) in [5.74, 6) is 0.227. The van der Waals surface area contributed by atoms with E-state index < -0.39 is 0 Å². The highest BCUT2D eigenvalue weighted by Crippen LogP contribution is 2.24. The molecular weight excluding hydrogens is 367 g/mol. The van der Waals surface area contributed by atoms with Crippen LogP contribution in [0.3, 0.4) is 0 Å². The SMILES string of the molecule is Cl.Cl.NC1CCC(C(=O)NCCc2nc(-c3ccccn3)cs2)C1. The summed E-state index contributed by atoms with van der Waals surface area (Å²) in [5.41, 5.74) is 7.63. The highest BCUT2D eigenvalue weighted by atomic mass is 35.5. The van der Waals surface area contributed by atoms with Crippen molar-refractivity contribution in [1.82, 2.24) is 15.3 Å². The van der Waals surface area contributed by atoms with Crippen LogP contribution in [0.5, 0.6) is 0 Å². The molecule has 2 atom stereocenters. The van der Waals surface area contributed by atoms with Gasteiger partial charge in [-0.2, -0.15) is 0 Å². The molecule has 0 aromatic carbocycles. The number of aromatic nitrogens is 2. The van der Waals surface area contributed by atoms with Gasteiger partial charge in [-0.1, -0.05) is 6.07 Å². The third kappa shape index (κ3) is 5.41. The van der Waals surface area contributed by atoms with Crippen molar-refractivity contribution in [3.05, 3.63) is 34.8 Å². The first kappa shape index (κ1) is 20.8. The fourth-order valence-corrected chi connectivity index (χ4v) is 3.54. The number of nitrogens with zero attached hydrogens (tertiary/aromatic N) is 2. The predicted molar refractivity (Wildman–Crippen MR) is 102 cm³/mol.